The maximum atomic E-state index is 5.50. The van der Waals surface area contributed by atoms with Gasteiger partial charge in [0.2, 0.25) is 0 Å². The molecule has 0 radical (unpaired) electrons. The zero-order valence-electron chi connectivity index (χ0n) is 11.1. The minimum absolute atomic E-state index is 0.592. The standard InChI is InChI=1S/C13H16N4OS/c1-3-14-11-9-6-18-5-4-10(9)16-12(17-11)13-15-8(2)7-19-13/h7H,3-6H2,1-2H3,(H,14,16,17). The number of aromatic nitrogens is 3. The molecule has 0 saturated carbocycles. The van der Waals surface area contributed by atoms with E-state index in [1.54, 1.807) is 11.3 Å². The lowest BCUT2D eigenvalue weighted by Gasteiger charge is -2.19. The number of nitrogens with zero attached hydrogens (tertiary/aromatic N) is 3. The molecule has 1 aliphatic rings. The lowest BCUT2D eigenvalue weighted by atomic mass is 10.1. The third kappa shape index (κ3) is 2.46. The van der Waals surface area contributed by atoms with Crippen LogP contribution in [-0.4, -0.2) is 28.1 Å². The number of thiazole rings is 1. The van der Waals surface area contributed by atoms with Crippen molar-refractivity contribution in [2.24, 2.45) is 0 Å². The van der Waals surface area contributed by atoms with Crippen LogP contribution in [0.15, 0.2) is 5.38 Å². The molecule has 0 atom stereocenters. The quantitative estimate of drug-likeness (QED) is 0.933. The van der Waals surface area contributed by atoms with Gasteiger partial charge in [0.15, 0.2) is 10.8 Å². The highest BCUT2D eigenvalue weighted by Gasteiger charge is 2.19. The molecule has 1 aliphatic heterocycles. The zero-order valence-corrected chi connectivity index (χ0v) is 11.9. The summed E-state index contributed by atoms with van der Waals surface area (Å²) in [4.78, 5) is 13.7. The molecule has 0 bridgehead atoms. The van der Waals surface area contributed by atoms with Gasteiger partial charge in [-0.15, -0.1) is 11.3 Å². The highest BCUT2D eigenvalue weighted by molar-refractivity contribution is 7.13. The Labute approximate surface area is 116 Å². The Morgan fingerprint density at radius 3 is 3.00 bits per heavy atom. The molecule has 0 spiro atoms. The number of fused-ring (bicyclic) bond motifs is 1. The summed E-state index contributed by atoms with van der Waals surface area (Å²) in [5, 5.41) is 6.20. The van der Waals surface area contributed by atoms with Crippen LogP contribution in [0.25, 0.3) is 10.8 Å². The van der Waals surface area contributed by atoms with E-state index in [2.05, 4.69) is 27.2 Å². The first-order chi connectivity index (χ1) is 9.28. The van der Waals surface area contributed by atoms with Crippen molar-refractivity contribution in [2.45, 2.75) is 26.9 Å². The van der Waals surface area contributed by atoms with E-state index >= 15 is 0 Å². The molecule has 100 valence electrons. The van der Waals surface area contributed by atoms with E-state index in [1.165, 1.54) is 0 Å². The van der Waals surface area contributed by atoms with Gasteiger partial charge in [-0.05, 0) is 13.8 Å². The highest BCUT2D eigenvalue weighted by atomic mass is 32.1. The van der Waals surface area contributed by atoms with E-state index in [9.17, 15) is 0 Å². The van der Waals surface area contributed by atoms with Crippen LogP contribution in [0.1, 0.15) is 23.9 Å². The fourth-order valence-corrected chi connectivity index (χ4v) is 2.83. The molecular weight excluding hydrogens is 260 g/mol. The van der Waals surface area contributed by atoms with Crippen LogP contribution >= 0.6 is 11.3 Å². The van der Waals surface area contributed by atoms with E-state index in [4.69, 9.17) is 4.74 Å². The fourth-order valence-electron chi connectivity index (χ4n) is 2.10. The number of anilines is 1. The Balaban J connectivity index is 2.08. The summed E-state index contributed by atoms with van der Waals surface area (Å²) < 4.78 is 5.50. The molecule has 2 aromatic heterocycles. The van der Waals surface area contributed by atoms with Gasteiger partial charge >= 0.3 is 0 Å². The molecule has 0 aliphatic carbocycles. The number of nitrogens with one attached hydrogen (secondary N) is 1. The fraction of sp³-hybridized carbons (Fsp3) is 0.462. The number of rotatable bonds is 3. The van der Waals surface area contributed by atoms with Gasteiger partial charge in [-0.3, -0.25) is 0 Å². The molecule has 3 rings (SSSR count). The van der Waals surface area contributed by atoms with Crippen LogP contribution in [-0.2, 0) is 17.8 Å². The van der Waals surface area contributed by atoms with Gasteiger partial charge in [0.1, 0.15) is 5.82 Å². The molecule has 5 nitrogen and oxygen atoms in total. The smallest absolute Gasteiger partial charge is 0.190 e. The molecule has 0 fully saturated rings. The Morgan fingerprint density at radius 2 is 2.26 bits per heavy atom. The second-order valence-corrected chi connectivity index (χ2v) is 5.31. The third-order valence-electron chi connectivity index (χ3n) is 2.98. The van der Waals surface area contributed by atoms with Crippen molar-refractivity contribution in [1.82, 2.24) is 15.0 Å². The molecule has 0 unspecified atom stereocenters. The highest BCUT2D eigenvalue weighted by Crippen LogP contribution is 2.27. The predicted octanol–water partition coefficient (Wildman–Crippen LogP) is 2.41. The topological polar surface area (TPSA) is 59.9 Å². The van der Waals surface area contributed by atoms with Crippen LogP contribution in [0.2, 0.25) is 0 Å². The second kappa shape index (κ2) is 5.22. The average molecular weight is 276 g/mol. The summed E-state index contributed by atoms with van der Waals surface area (Å²) in [5.74, 6) is 1.60. The van der Waals surface area contributed by atoms with Crippen LogP contribution in [0.3, 0.4) is 0 Å². The minimum atomic E-state index is 0.592. The molecule has 2 aromatic rings. The first kappa shape index (κ1) is 12.5. The number of ether oxygens (including phenoxy) is 1. The van der Waals surface area contributed by atoms with Crippen LogP contribution in [0.5, 0.6) is 0 Å². The summed E-state index contributed by atoms with van der Waals surface area (Å²) in [6, 6.07) is 0. The molecular formula is C13H16N4OS. The summed E-state index contributed by atoms with van der Waals surface area (Å²) in [5.41, 5.74) is 3.18. The molecule has 1 N–H and O–H groups in total. The zero-order chi connectivity index (χ0) is 13.2. The van der Waals surface area contributed by atoms with Crippen molar-refractivity contribution in [3.05, 3.63) is 22.3 Å². The normalized spacial score (nSPS) is 14.2. The van der Waals surface area contributed by atoms with E-state index < -0.39 is 0 Å². The van der Waals surface area contributed by atoms with Crippen LogP contribution < -0.4 is 5.32 Å². The monoisotopic (exact) mass is 276 g/mol. The maximum absolute atomic E-state index is 5.50. The van der Waals surface area contributed by atoms with Crippen molar-refractivity contribution >= 4 is 17.2 Å². The summed E-state index contributed by atoms with van der Waals surface area (Å²) in [6.07, 6.45) is 0.841. The van der Waals surface area contributed by atoms with E-state index in [1.807, 2.05) is 12.3 Å². The Bertz CT molecular complexity index is 596. The molecule has 6 heteroatoms. The summed E-state index contributed by atoms with van der Waals surface area (Å²) >= 11 is 1.58. The maximum Gasteiger partial charge on any atom is 0.190 e. The first-order valence-electron chi connectivity index (χ1n) is 6.42. The molecule has 0 amide bonds. The number of hydrogen-bond donors (Lipinski definition) is 1. The van der Waals surface area contributed by atoms with Gasteiger partial charge in [0, 0.05) is 29.6 Å². The average Bonchev–Trinajstić information content (AvgIpc) is 2.86. The van der Waals surface area contributed by atoms with Crippen molar-refractivity contribution in [2.75, 3.05) is 18.5 Å². The molecule has 19 heavy (non-hydrogen) atoms. The lowest BCUT2D eigenvalue weighted by molar-refractivity contribution is 0.109. The van der Waals surface area contributed by atoms with Gasteiger partial charge in [-0.25, -0.2) is 15.0 Å². The SMILES string of the molecule is CCNc1nc(-c2nc(C)cs2)nc2c1COCC2. The summed E-state index contributed by atoms with van der Waals surface area (Å²) in [7, 11) is 0. The Morgan fingerprint density at radius 1 is 1.37 bits per heavy atom. The molecule has 0 saturated heterocycles. The van der Waals surface area contributed by atoms with E-state index in [-0.39, 0.29) is 0 Å². The van der Waals surface area contributed by atoms with Gasteiger partial charge in [-0.1, -0.05) is 0 Å². The van der Waals surface area contributed by atoms with Crippen molar-refractivity contribution in [1.29, 1.82) is 0 Å². The number of hydrogen-bond acceptors (Lipinski definition) is 6. The van der Waals surface area contributed by atoms with Gasteiger partial charge in [-0.2, -0.15) is 0 Å². The largest absolute Gasteiger partial charge is 0.376 e. The molecule has 0 aromatic carbocycles. The molecule has 3 heterocycles. The van der Waals surface area contributed by atoms with Crippen LogP contribution in [0, 0.1) is 6.92 Å². The van der Waals surface area contributed by atoms with Gasteiger partial charge in [0.25, 0.3) is 0 Å². The van der Waals surface area contributed by atoms with E-state index in [0.29, 0.717) is 6.61 Å². The Hall–Kier alpha value is -1.53. The van der Waals surface area contributed by atoms with E-state index in [0.717, 1.165) is 53.2 Å². The van der Waals surface area contributed by atoms with Crippen LogP contribution in [0.4, 0.5) is 5.82 Å². The lowest BCUT2D eigenvalue weighted by Crippen LogP contribution is -2.17. The second-order valence-electron chi connectivity index (χ2n) is 4.45. The van der Waals surface area contributed by atoms with Gasteiger partial charge in [0.05, 0.1) is 18.9 Å². The third-order valence-corrected chi connectivity index (χ3v) is 3.93. The van der Waals surface area contributed by atoms with Gasteiger partial charge < -0.3 is 10.1 Å². The first-order valence-corrected chi connectivity index (χ1v) is 7.29. The Kier molecular flexibility index (Phi) is 3.44. The minimum Gasteiger partial charge on any atom is -0.376 e. The summed E-state index contributed by atoms with van der Waals surface area (Å²) in [6.45, 7) is 6.20. The van der Waals surface area contributed by atoms with Crippen molar-refractivity contribution < 1.29 is 4.74 Å². The van der Waals surface area contributed by atoms with Crippen molar-refractivity contribution in [3.63, 3.8) is 0 Å². The predicted molar refractivity (Wildman–Crippen MR) is 75.4 cm³/mol. The number of aryl methyl sites for hydroxylation is 1. The van der Waals surface area contributed by atoms with Crippen molar-refractivity contribution in [3.8, 4) is 10.8 Å².